The predicted octanol–water partition coefficient (Wildman–Crippen LogP) is 3.30. The Hall–Kier alpha value is -2.23. The average molecular weight is 230 g/mol. The normalized spacial score (nSPS) is 10.9. The summed E-state index contributed by atoms with van der Waals surface area (Å²) in [5.74, 6) is -1.73. The lowest BCUT2D eigenvalue weighted by molar-refractivity contribution is 0.507. The number of aromatic nitrogens is 2. The van der Waals surface area contributed by atoms with Crippen LogP contribution in [0.3, 0.4) is 0 Å². The summed E-state index contributed by atoms with van der Waals surface area (Å²) in [4.78, 5) is 0. The Morgan fingerprint density at radius 3 is 2.59 bits per heavy atom. The van der Waals surface area contributed by atoms with E-state index in [2.05, 4.69) is 5.10 Å². The first-order chi connectivity index (χ1) is 8.25. The Morgan fingerprint density at radius 2 is 1.76 bits per heavy atom. The number of fused-ring (bicyclic) bond motifs is 1. The smallest absolute Gasteiger partial charge is 0.160 e. The fourth-order valence-corrected chi connectivity index (χ4v) is 1.79. The second-order valence-electron chi connectivity index (χ2n) is 3.71. The zero-order valence-electron chi connectivity index (χ0n) is 8.77. The highest BCUT2D eigenvalue weighted by Crippen LogP contribution is 2.19. The van der Waals surface area contributed by atoms with Gasteiger partial charge in [-0.2, -0.15) is 5.10 Å². The Balaban J connectivity index is 2.24. The molecule has 0 bridgehead atoms. The van der Waals surface area contributed by atoms with Crippen LogP contribution in [-0.2, 0) is 0 Å². The summed E-state index contributed by atoms with van der Waals surface area (Å²) in [5, 5.41) is 5.12. The SMILES string of the molecule is Fc1ccc(-n2ncc3ccccc32)cc1F. The van der Waals surface area contributed by atoms with E-state index in [4.69, 9.17) is 0 Å². The minimum Gasteiger partial charge on any atom is -0.233 e. The number of halogens is 2. The van der Waals surface area contributed by atoms with E-state index in [1.54, 1.807) is 10.9 Å². The number of benzene rings is 2. The molecule has 0 spiro atoms. The van der Waals surface area contributed by atoms with Crippen LogP contribution in [0.2, 0.25) is 0 Å². The van der Waals surface area contributed by atoms with Gasteiger partial charge in [0, 0.05) is 11.5 Å². The van der Waals surface area contributed by atoms with Crippen molar-refractivity contribution in [1.29, 1.82) is 0 Å². The molecule has 0 N–H and O–H groups in total. The van der Waals surface area contributed by atoms with Crippen molar-refractivity contribution in [1.82, 2.24) is 9.78 Å². The first-order valence-corrected chi connectivity index (χ1v) is 5.14. The topological polar surface area (TPSA) is 17.8 Å². The van der Waals surface area contributed by atoms with E-state index >= 15 is 0 Å². The maximum Gasteiger partial charge on any atom is 0.160 e. The van der Waals surface area contributed by atoms with Crippen molar-refractivity contribution in [3.8, 4) is 5.69 Å². The third-order valence-electron chi connectivity index (χ3n) is 2.62. The molecule has 3 rings (SSSR count). The van der Waals surface area contributed by atoms with Crippen molar-refractivity contribution >= 4 is 10.9 Å². The molecule has 84 valence electrons. The van der Waals surface area contributed by atoms with Crippen LogP contribution in [0.25, 0.3) is 16.6 Å². The highest BCUT2D eigenvalue weighted by atomic mass is 19.2. The first-order valence-electron chi connectivity index (χ1n) is 5.14. The quantitative estimate of drug-likeness (QED) is 0.627. The van der Waals surface area contributed by atoms with Gasteiger partial charge in [0.05, 0.1) is 17.4 Å². The molecule has 0 aliphatic rings. The summed E-state index contributed by atoms with van der Waals surface area (Å²) in [6, 6.07) is 11.3. The molecule has 1 heterocycles. The highest BCUT2D eigenvalue weighted by molar-refractivity contribution is 5.80. The van der Waals surface area contributed by atoms with Crippen molar-refractivity contribution in [2.45, 2.75) is 0 Å². The van der Waals surface area contributed by atoms with Crippen molar-refractivity contribution in [3.05, 3.63) is 60.3 Å². The maximum atomic E-state index is 13.2. The zero-order valence-corrected chi connectivity index (χ0v) is 8.77. The maximum absolute atomic E-state index is 13.2. The van der Waals surface area contributed by atoms with Crippen LogP contribution in [0.1, 0.15) is 0 Å². The molecule has 2 aromatic carbocycles. The molecule has 2 nitrogen and oxygen atoms in total. The van der Waals surface area contributed by atoms with Crippen molar-refractivity contribution < 1.29 is 8.78 Å². The van der Waals surface area contributed by atoms with E-state index in [1.807, 2.05) is 24.3 Å². The number of para-hydroxylation sites is 1. The van der Waals surface area contributed by atoms with Crippen LogP contribution in [0.5, 0.6) is 0 Å². The Labute approximate surface area is 96.1 Å². The van der Waals surface area contributed by atoms with Gasteiger partial charge in [-0.15, -0.1) is 0 Å². The minimum atomic E-state index is -0.873. The Morgan fingerprint density at radius 1 is 0.941 bits per heavy atom. The molecule has 0 unspecified atom stereocenters. The second-order valence-corrected chi connectivity index (χ2v) is 3.71. The first kappa shape index (κ1) is 9.96. The van der Waals surface area contributed by atoms with Crippen molar-refractivity contribution in [3.63, 3.8) is 0 Å². The molecule has 0 radical (unpaired) electrons. The second kappa shape index (κ2) is 3.66. The standard InChI is InChI=1S/C13H8F2N2/c14-11-6-5-10(7-12(11)15)17-13-4-2-1-3-9(13)8-16-17/h1-8H. The third kappa shape index (κ3) is 1.58. The monoisotopic (exact) mass is 230 g/mol. The van der Waals surface area contributed by atoms with E-state index in [0.29, 0.717) is 5.69 Å². The molecule has 3 aromatic rings. The van der Waals surface area contributed by atoms with Crippen LogP contribution in [0, 0.1) is 11.6 Å². The molecule has 0 fully saturated rings. The van der Waals surface area contributed by atoms with Gasteiger partial charge in [0.15, 0.2) is 11.6 Å². The molecule has 17 heavy (non-hydrogen) atoms. The average Bonchev–Trinajstić information content (AvgIpc) is 2.76. The number of hydrogen-bond donors (Lipinski definition) is 0. The van der Waals surface area contributed by atoms with Gasteiger partial charge < -0.3 is 0 Å². The van der Waals surface area contributed by atoms with E-state index in [-0.39, 0.29) is 0 Å². The van der Waals surface area contributed by atoms with Gasteiger partial charge in [-0.1, -0.05) is 18.2 Å². The number of rotatable bonds is 1. The molecule has 0 saturated carbocycles. The lowest BCUT2D eigenvalue weighted by atomic mass is 10.2. The van der Waals surface area contributed by atoms with E-state index in [1.165, 1.54) is 6.07 Å². The molecule has 0 aliphatic carbocycles. The lowest BCUT2D eigenvalue weighted by Crippen LogP contribution is -1.97. The van der Waals surface area contributed by atoms with Crippen LogP contribution in [0.15, 0.2) is 48.7 Å². The van der Waals surface area contributed by atoms with Crippen LogP contribution in [-0.4, -0.2) is 9.78 Å². The fraction of sp³-hybridized carbons (Fsp3) is 0. The number of hydrogen-bond acceptors (Lipinski definition) is 1. The summed E-state index contributed by atoms with van der Waals surface area (Å²) in [5.41, 5.74) is 1.36. The predicted molar refractivity (Wildman–Crippen MR) is 61.0 cm³/mol. The van der Waals surface area contributed by atoms with Gasteiger partial charge in [-0.05, 0) is 18.2 Å². The summed E-state index contributed by atoms with van der Waals surface area (Å²) in [6.45, 7) is 0. The molecule has 1 aromatic heterocycles. The Kier molecular flexibility index (Phi) is 2.14. The molecular weight excluding hydrogens is 222 g/mol. The van der Waals surface area contributed by atoms with Crippen molar-refractivity contribution in [2.75, 3.05) is 0 Å². The van der Waals surface area contributed by atoms with Crippen LogP contribution in [0.4, 0.5) is 8.78 Å². The van der Waals surface area contributed by atoms with E-state index in [9.17, 15) is 8.78 Å². The lowest BCUT2D eigenvalue weighted by Gasteiger charge is -2.03. The summed E-state index contributed by atoms with van der Waals surface area (Å²) in [7, 11) is 0. The largest absolute Gasteiger partial charge is 0.233 e. The molecule has 4 heteroatoms. The summed E-state index contributed by atoms with van der Waals surface area (Å²) >= 11 is 0. The number of nitrogens with zero attached hydrogens (tertiary/aromatic N) is 2. The van der Waals surface area contributed by atoms with E-state index < -0.39 is 11.6 Å². The Bertz CT molecular complexity index is 689. The van der Waals surface area contributed by atoms with Crippen LogP contribution >= 0.6 is 0 Å². The van der Waals surface area contributed by atoms with Gasteiger partial charge in [0.2, 0.25) is 0 Å². The third-order valence-corrected chi connectivity index (χ3v) is 2.62. The van der Waals surface area contributed by atoms with Gasteiger partial charge in [-0.25, -0.2) is 13.5 Å². The summed E-state index contributed by atoms with van der Waals surface area (Å²) < 4.78 is 27.6. The summed E-state index contributed by atoms with van der Waals surface area (Å²) in [6.07, 6.45) is 1.69. The van der Waals surface area contributed by atoms with Crippen LogP contribution < -0.4 is 0 Å². The fourth-order valence-electron chi connectivity index (χ4n) is 1.79. The molecule has 0 aliphatic heterocycles. The zero-order chi connectivity index (χ0) is 11.8. The highest BCUT2D eigenvalue weighted by Gasteiger charge is 2.07. The van der Waals surface area contributed by atoms with Gasteiger partial charge >= 0.3 is 0 Å². The van der Waals surface area contributed by atoms with Crippen molar-refractivity contribution in [2.24, 2.45) is 0 Å². The van der Waals surface area contributed by atoms with Gasteiger partial charge in [0.25, 0.3) is 0 Å². The molecule has 0 amide bonds. The van der Waals surface area contributed by atoms with Gasteiger partial charge in [0.1, 0.15) is 0 Å². The molecule has 0 atom stereocenters. The van der Waals surface area contributed by atoms with E-state index in [0.717, 1.165) is 23.0 Å². The molecule has 0 saturated heterocycles. The van der Waals surface area contributed by atoms with Gasteiger partial charge in [-0.3, -0.25) is 0 Å². The molecular formula is C13H8F2N2. The minimum absolute atomic E-state index is 0.505.